The van der Waals surface area contributed by atoms with Gasteiger partial charge in [-0.3, -0.25) is 0 Å². The Morgan fingerprint density at radius 3 is 2.08 bits per heavy atom. The number of hydrogen-bond acceptors (Lipinski definition) is 1. The second-order valence-corrected chi connectivity index (χ2v) is 9.09. The summed E-state index contributed by atoms with van der Waals surface area (Å²) in [5.41, 5.74) is 2.55. The van der Waals surface area contributed by atoms with Crippen LogP contribution < -0.4 is 0 Å². The van der Waals surface area contributed by atoms with Crippen LogP contribution in [0.15, 0.2) is 36.0 Å². The van der Waals surface area contributed by atoms with Gasteiger partial charge in [0.2, 0.25) is 0 Å². The molecule has 0 fully saturated rings. The van der Waals surface area contributed by atoms with Crippen molar-refractivity contribution in [3.63, 3.8) is 0 Å². The lowest BCUT2D eigenvalue weighted by molar-refractivity contribution is 0.206. The molecule has 0 aromatic rings. The highest BCUT2D eigenvalue weighted by Crippen LogP contribution is 2.26. The number of hydrogen-bond donors (Lipinski definition) is 1. The number of allylic oxidation sites excluding steroid dienone is 3. The Bertz CT molecular complexity index is 427. The first-order chi connectivity index (χ1) is 12.2. The smallest absolute Gasteiger partial charge is 0.0784 e. The number of aliphatic hydroxyl groups is 1. The summed E-state index contributed by atoms with van der Waals surface area (Å²) in [5, 5.41) is 10.7. The molecule has 0 spiro atoms. The predicted molar refractivity (Wildman–Crippen MR) is 118 cm³/mol. The summed E-state index contributed by atoms with van der Waals surface area (Å²) in [6.45, 7) is 19.6. The molecule has 152 valence electrons. The largest absolute Gasteiger partial charge is 0.388 e. The van der Waals surface area contributed by atoms with Crippen molar-refractivity contribution in [1.82, 2.24) is 0 Å². The van der Waals surface area contributed by atoms with E-state index in [1.807, 2.05) is 6.08 Å². The Morgan fingerprint density at radius 2 is 1.54 bits per heavy atom. The molecule has 1 nitrogen and oxygen atoms in total. The lowest BCUT2D eigenvalue weighted by Gasteiger charge is -2.21. The van der Waals surface area contributed by atoms with Crippen LogP contribution in [0.2, 0.25) is 0 Å². The van der Waals surface area contributed by atoms with Gasteiger partial charge in [-0.15, -0.1) is 6.58 Å². The summed E-state index contributed by atoms with van der Waals surface area (Å²) >= 11 is 0. The first-order valence-corrected chi connectivity index (χ1v) is 10.8. The van der Waals surface area contributed by atoms with E-state index in [9.17, 15) is 5.11 Å². The molecular weight excluding hydrogens is 316 g/mol. The van der Waals surface area contributed by atoms with Crippen molar-refractivity contribution in [3.8, 4) is 0 Å². The molecule has 3 atom stereocenters. The minimum atomic E-state index is -0.347. The molecule has 0 rings (SSSR count). The number of rotatable bonds is 14. The van der Waals surface area contributed by atoms with E-state index in [-0.39, 0.29) is 6.10 Å². The molecule has 0 heterocycles. The maximum atomic E-state index is 10.7. The van der Waals surface area contributed by atoms with E-state index < -0.39 is 0 Å². The third-order valence-corrected chi connectivity index (χ3v) is 5.37. The maximum absolute atomic E-state index is 10.7. The molecule has 0 aromatic carbocycles. The quantitative estimate of drug-likeness (QED) is 0.313. The predicted octanol–water partition coefficient (Wildman–Crippen LogP) is 7.72. The Balaban J connectivity index is 4.89. The Kier molecular flexibility index (Phi) is 13.8. The summed E-state index contributed by atoms with van der Waals surface area (Å²) in [5.74, 6) is 2.52. The average Bonchev–Trinajstić information content (AvgIpc) is 2.56. The highest BCUT2D eigenvalue weighted by Gasteiger charge is 2.15. The van der Waals surface area contributed by atoms with Crippen molar-refractivity contribution < 1.29 is 5.11 Å². The second kappa shape index (κ2) is 14.3. The molecule has 0 aliphatic rings. The molecule has 0 aliphatic carbocycles. The molecule has 26 heavy (non-hydrogen) atoms. The van der Waals surface area contributed by atoms with Crippen LogP contribution in [0.3, 0.4) is 0 Å². The molecular formula is C25H46O. The maximum Gasteiger partial charge on any atom is 0.0784 e. The minimum Gasteiger partial charge on any atom is -0.388 e. The fourth-order valence-corrected chi connectivity index (χ4v) is 3.10. The van der Waals surface area contributed by atoms with Gasteiger partial charge in [0.25, 0.3) is 0 Å². The standard InChI is InChI=1S/C25H46O/c1-9-21(6)16-17-24(22(7)14-10-12-19(2)3)18-25(26)23(8)15-11-13-20(4)5/h9,15,17,19-22,25-26H,1,10-14,16,18H2,2-8H3/b23-15+,24-17+. The second-order valence-electron chi connectivity index (χ2n) is 9.09. The monoisotopic (exact) mass is 362 g/mol. The SMILES string of the molecule is C=CC(C)C/C=C(\CC(O)/C(C)=C/CCC(C)C)C(C)CCCC(C)C. The lowest BCUT2D eigenvalue weighted by Crippen LogP contribution is -2.13. The van der Waals surface area contributed by atoms with Crippen LogP contribution in [-0.2, 0) is 0 Å². The van der Waals surface area contributed by atoms with Gasteiger partial charge in [-0.2, -0.15) is 0 Å². The van der Waals surface area contributed by atoms with Crippen molar-refractivity contribution in [2.45, 2.75) is 99.5 Å². The van der Waals surface area contributed by atoms with Crippen LogP contribution in [0.4, 0.5) is 0 Å². The van der Waals surface area contributed by atoms with E-state index in [2.05, 4.69) is 67.2 Å². The molecule has 0 saturated heterocycles. The van der Waals surface area contributed by atoms with Crippen molar-refractivity contribution in [2.24, 2.45) is 23.7 Å². The zero-order valence-corrected chi connectivity index (χ0v) is 18.7. The van der Waals surface area contributed by atoms with Crippen molar-refractivity contribution in [1.29, 1.82) is 0 Å². The van der Waals surface area contributed by atoms with Gasteiger partial charge in [-0.05, 0) is 68.3 Å². The van der Waals surface area contributed by atoms with Gasteiger partial charge in [-0.1, -0.05) is 78.2 Å². The van der Waals surface area contributed by atoms with Gasteiger partial charge < -0.3 is 5.11 Å². The van der Waals surface area contributed by atoms with Crippen LogP contribution in [-0.4, -0.2) is 11.2 Å². The summed E-state index contributed by atoms with van der Waals surface area (Å²) < 4.78 is 0. The average molecular weight is 363 g/mol. The molecule has 0 aliphatic heterocycles. The molecule has 1 N–H and O–H groups in total. The fourth-order valence-electron chi connectivity index (χ4n) is 3.10. The minimum absolute atomic E-state index is 0.347. The first-order valence-electron chi connectivity index (χ1n) is 10.8. The molecule has 0 radical (unpaired) electrons. The van der Waals surface area contributed by atoms with Gasteiger partial charge in [0.1, 0.15) is 0 Å². The highest BCUT2D eigenvalue weighted by molar-refractivity contribution is 5.15. The van der Waals surface area contributed by atoms with Gasteiger partial charge in [0, 0.05) is 0 Å². The van der Waals surface area contributed by atoms with Crippen LogP contribution in [0, 0.1) is 23.7 Å². The third kappa shape index (κ3) is 12.5. The van der Waals surface area contributed by atoms with Crippen molar-refractivity contribution >= 4 is 0 Å². The van der Waals surface area contributed by atoms with E-state index in [1.54, 1.807) is 0 Å². The van der Waals surface area contributed by atoms with Crippen LogP contribution in [0.1, 0.15) is 93.4 Å². The highest BCUT2D eigenvalue weighted by atomic mass is 16.3. The van der Waals surface area contributed by atoms with E-state index in [0.717, 1.165) is 30.8 Å². The zero-order chi connectivity index (χ0) is 20.1. The lowest BCUT2D eigenvalue weighted by atomic mass is 9.87. The summed E-state index contributed by atoms with van der Waals surface area (Å²) in [6.07, 6.45) is 14.1. The van der Waals surface area contributed by atoms with Crippen molar-refractivity contribution in [2.75, 3.05) is 0 Å². The zero-order valence-electron chi connectivity index (χ0n) is 18.7. The fraction of sp³-hybridized carbons (Fsp3) is 0.760. The van der Waals surface area contributed by atoms with Crippen LogP contribution in [0.25, 0.3) is 0 Å². The molecule has 0 bridgehead atoms. The Morgan fingerprint density at radius 1 is 0.923 bits per heavy atom. The number of aliphatic hydroxyl groups excluding tert-OH is 1. The summed E-state index contributed by atoms with van der Waals surface area (Å²) in [6, 6.07) is 0. The topological polar surface area (TPSA) is 20.2 Å². The summed E-state index contributed by atoms with van der Waals surface area (Å²) in [4.78, 5) is 0. The van der Waals surface area contributed by atoms with E-state index in [4.69, 9.17) is 0 Å². The molecule has 0 saturated carbocycles. The van der Waals surface area contributed by atoms with E-state index in [0.29, 0.717) is 17.8 Å². The van der Waals surface area contributed by atoms with Gasteiger partial charge >= 0.3 is 0 Å². The normalized spacial score (nSPS) is 16.8. The Hall–Kier alpha value is -0.820. The first kappa shape index (κ1) is 25.2. The molecule has 0 aromatic heterocycles. The summed E-state index contributed by atoms with van der Waals surface area (Å²) in [7, 11) is 0. The van der Waals surface area contributed by atoms with E-state index >= 15 is 0 Å². The van der Waals surface area contributed by atoms with Gasteiger partial charge in [-0.25, -0.2) is 0 Å². The van der Waals surface area contributed by atoms with E-state index in [1.165, 1.54) is 31.3 Å². The van der Waals surface area contributed by atoms with Crippen LogP contribution >= 0.6 is 0 Å². The Labute approximate surface area is 164 Å². The molecule has 0 amide bonds. The van der Waals surface area contributed by atoms with Crippen molar-refractivity contribution in [3.05, 3.63) is 36.0 Å². The molecule has 1 heteroatoms. The van der Waals surface area contributed by atoms with Crippen LogP contribution in [0.5, 0.6) is 0 Å². The van der Waals surface area contributed by atoms with Gasteiger partial charge in [0.15, 0.2) is 0 Å². The molecule has 3 unspecified atom stereocenters. The van der Waals surface area contributed by atoms with Gasteiger partial charge in [0.05, 0.1) is 6.10 Å². The third-order valence-electron chi connectivity index (χ3n) is 5.37.